The highest BCUT2D eigenvalue weighted by atomic mass is 16.4. The summed E-state index contributed by atoms with van der Waals surface area (Å²) in [5.74, 6) is -8.21. The molecule has 0 radical (unpaired) electrons. The van der Waals surface area contributed by atoms with Crippen molar-refractivity contribution in [2.24, 2.45) is 149 Å². The van der Waals surface area contributed by atoms with Crippen LogP contribution in [0.15, 0.2) is 0 Å². The van der Waals surface area contributed by atoms with Gasteiger partial charge in [0.15, 0.2) is 18.1 Å². The average Bonchev–Trinajstić information content (AvgIpc) is 0.882. The summed E-state index contributed by atoms with van der Waals surface area (Å²) in [6.45, 7) is 5.85. The number of rotatable bonds is 49. The van der Waals surface area contributed by atoms with Gasteiger partial charge in [0.2, 0.25) is 5.91 Å². The number of urea groups is 1. The first kappa shape index (κ1) is 133. The number of amides is 5. The predicted octanol–water partition coefficient (Wildman–Crippen LogP) is -53.9. The third-order valence-electron chi connectivity index (χ3n) is 13.2. The van der Waals surface area contributed by atoms with E-state index in [1.165, 1.54) is 0 Å². The number of carbonyl (C=O) groups is 10. The van der Waals surface area contributed by atoms with Gasteiger partial charge in [0.25, 0.3) is 11.8 Å². The molecule has 8 unspecified atom stereocenters. The maximum atomic E-state index is 12.8. The van der Waals surface area contributed by atoms with Crippen molar-refractivity contribution >= 4 is 131 Å². The van der Waals surface area contributed by atoms with E-state index in [0.717, 1.165) is 51.7 Å². The zero-order chi connectivity index (χ0) is 99.0. The molecule has 8 atom stereocenters. The molecule has 722 valence electrons. The van der Waals surface area contributed by atoms with Crippen molar-refractivity contribution in [3.63, 3.8) is 0 Å². The lowest BCUT2D eigenvalue weighted by atomic mass is 10.1. The molecule has 0 aliphatic rings. The van der Waals surface area contributed by atoms with E-state index in [4.69, 9.17) is 108 Å². The van der Waals surface area contributed by atoms with Gasteiger partial charge in [-0.25, -0.2) is 4.79 Å². The van der Waals surface area contributed by atoms with Crippen LogP contribution in [0.4, 0.5) is 4.79 Å². The molecule has 0 aromatic heterocycles. The molecular formula is C60H159N48O16+13. The lowest BCUT2D eigenvalue weighted by molar-refractivity contribution is -0.535. The van der Waals surface area contributed by atoms with Crippen LogP contribution in [-0.2, 0) is 43.2 Å². The molecular weight excluding hydrogens is 1650 g/mol. The first-order chi connectivity index (χ1) is 57.2. The van der Waals surface area contributed by atoms with E-state index in [2.05, 4.69) is 163 Å². The number of aliphatic carboxylic acids is 6. The van der Waals surface area contributed by atoms with Crippen LogP contribution in [0.25, 0.3) is 0 Å². The molecule has 5 amide bonds. The lowest BCUT2D eigenvalue weighted by Gasteiger charge is -2.24. The van der Waals surface area contributed by atoms with E-state index in [0.29, 0.717) is 116 Å². The maximum absolute atomic E-state index is 12.8. The van der Waals surface area contributed by atoms with Crippen LogP contribution in [0.5, 0.6) is 0 Å². The third-order valence-corrected chi connectivity index (χ3v) is 13.2. The second-order valence-electron chi connectivity index (χ2n) is 25.3. The van der Waals surface area contributed by atoms with Crippen molar-refractivity contribution in [3.8, 4) is 0 Å². The fourth-order valence-corrected chi connectivity index (χ4v) is 7.36. The second-order valence-corrected chi connectivity index (χ2v) is 25.3. The summed E-state index contributed by atoms with van der Waals surface area (Å²) in [6.07, 6.45) is 9.94. The molecule has 64 nitrogen and oxygen atoms in total. The highest BCUT2D eigenvalue weighted by molar-refractivity contribution is 5.91. The number of hydrogen-bond donors (Lipinski definition) is 48. The number of quaternary nitrogens is 7. The molecule has 0 rings (SSSR count). The number of carboxylic acid groups (broad SMARTS) is 6. The van der Waals surface area contributed by atoms with Gasteiger partial charge in [-0.1, -0.05) is 0 Å². The van der Waals surface area contributed by atoms with E-state index >= 15 is 0 Å². The van der Waals surface area contributed by atoms with Crippen LogP contribution in [-0.4, -0.2) is 251 Å². The fraction of sp³-hybridized carbons (Fsp3) is 0.633. The highest BCUT2D eigenvalue weighted by Crippen LogP contribution is 2.03. The molecule has 0 spiro atoms. The molecule has 0 heterocycles. The van der Waals surface area contributed by atoms with Crippen molar-refractivity contribution in [1.29, 1.82) is 0 Å². The first-order valence-corrected chi connectivity index (χ1v) is 37.7. The van der Waals surface area contributed by atoms with Crippen LogP contribution in [0.3, 0.4) is 0 Å². The van der Waals surface area contributed by atoms with Gasteiger partial charge in [-0.15, -0.1) is 0 Å². The summed E-state index contributed by atoms with van der Waals surface area (Å²) in [6, 6.07) is -7.44. The number of primary amides is 2. The SMILES string of the molecule is NC(N)=O.NC(N)=[NH+]CC([NH3+])C(=O)[O-].NC(N)=[NH+]CCCC(=O)[O-].NC(N)=[NH+]CCCC([NH3+])C(=O)NC(CCC[NH+]=C(N)N)C(=O)NC(CCC[NH+]=C(N)N)C(=O)[O-].NC(N)=[NH+]CCCC([NH3+])C(=O)NC(CCC[NH+]=C(N)N)C(=O)[O-].NC(N)=[NH+]CCCCC([NH3+])C(=O)[O-].NC(N)=[NH+]CCCC[NH3+].NC(N)=[NH2+].NC(N)=[NH2+].NC(N)=[NH2+].[NH3+]CCCC([NH3+])C(=O)[O-]. The summed E-state index contributed by atoms with van der Waals surface area (Å²) >= 11 is 0. The van der Waals surface area contributed by atoms with Gasteiger partial charge in [-0.2, -0.15) is 0 Å². The van der Waals surface area contributed by atoms with Gasteiger partial charge < -0.3 is 127 Å². The number of guanidine groups is 12. The number of carbonyl (C=O) groups excluding carboxylic acids is 10. The van der Waals surface area contributed by atoms with Crippen LogP contribution >= 0.6 is 0 Å². The Morgan fingerprint density at radius 1 is 0.258 bits per heavy atom. The number of unbranched alkanes of at least 4 members (excludes halogenated alkanes) is 2. The van der Waals surface area contributed by atoms with Gasteiger partial charge in [0, 0.05) is 38.1 Å². The lowest BCUT2D eigenvalue weighted by Crippen LogP contribution is -2.87. The van der Waals surface area contributed by atoms with Gasteiger partial charge in [-0.05, 0) is 89.9 Å². The number of nitrogens with one attached hydrogen (secondary N) is 12. The van der Waals surface area contributed by atoms with Crippen molar-refractivity contribution in [2.45, 2.75) is 170 Å². The topological polar surface area (TPSA) is 1420 Å². The number of nitrogens with two attached hydrogens (primary N) is 29. The molecule has 0 aromatic carbocycles. The van der Waals surface area contributed by atoms with E-state index < -0.39 is 108 Å². The highest BCUT2D eigenvalue weighted by Gasteiger charge is 2.28. The van der Waals surface area contributed by atoms with E-state index in [9.17, 15) is 73.8 Å². The minimum atomic E-state index is -1.45. The standard InChI is InChI=1S/C18H38N12O4.C12H26N8O3.C7H16N4O2.C5H14N4.C5H11N3O2.C5H12N2O2.C4H10N4O2.3CH5N3.CH4N2O/c19-10(4-1-7-26-16(20)21)13(31)29-11(5-2-8-27-17(22)23)14(32)30-12(15(33)34)6-3-9-28-18(24)25;13-7(3-1-5-18-11(14)15)9(21)20-8(10(22)23)4-2-6-19-12(16)17;8-5(6(12)13)3-1-2-4-11-7(9)10;6-3-1-2-4-9-5(7)8;6-5(7)8-3-1-2-4(9)10;6-3-1-2-4(7)5(8)9;5-2(3(9)10)1-8-4(6)7;4*2-1(3)4/h10-12H,1-9,19H2,(H,29,31)(H,30,32)(H,33,34)(H4,20,21,26)(H4,22,23,27)(H4,24,25,28);7-8H,1-6,13H2,(H,20,21)(H,22,23)(H4,14,15,18)(H4,16,17,19);5H,1-4,8H2,(H,12,13)(H4,9,10,11);1-4,6H2,(H4,7,8,9);1-3H2,(H,9,10)(H4,6,7,8);4H,1-3,6-7H2,(H,8,9);2H,1,5H2,(H,9,10)(H4,6,7,8);3*(H5,2,3,4);(H4,2,3,4)/p+13. The summed E-state index contributed by atoms with van der Waals surface area (Å²) in [5, 5.41) is 83.8. The van der Waals surface area contributed by atoms with Crippen LogP contribution < -0.4 is 297 Å². The molecule has 0 fully saturated rings. The molecule has 91 N–H and O–H groups in total. The monoisotopic (exact) mass is 1810 g/mol. The minimum Gasteiger partial charge on any atom is -0.550 e. The van der Waals surface area contributed by atoms with Gasteiger partial charge in [0.1, 0.15) is 30.6 Å². The Morgan fingerprint density at radius 2 is 0.468 bits per heavy atom. The smallest absolute Gasteiger partial charge is 0.339 e. The number of hydrogen-bond acceptors (Lipinski definition) is 16. The normalized spacial score (nSPS) is 11.2. The Balaban J connectivity index is -0.000000137. The van der Waals surface area contributed by atoms with Crippen LogP contribution in [0.1, 0.15) is 122 Å². The summed E-state index contributed by atoms with van der Waals surface area (Å²) in [4.78, 5) is 133. The molecule has 64 heteroatoms. The van der Waals surface area contributed by atoms with E-state index in [1.807, 2.05) is 0 Å². The summed E-state index contributed by atoms with van der Waals surface area (Å²) < 4.78 is 0. The van der Waals surface area contributed by atoms with Crippen molar-refractivity contribution in [3.05, 3.63) is 0 Å². The molecule has 0 bridgehead atoms. The quantitative estimate of drug-likeness (QED) is 0.0153. The molecule has 0 aromatic rings. The Bertz CT molecular complexity index is 3150. The van der Waals surface area contributed by atoms with Gasteiger partial charge >= 0.3 is 77.5 Å². The Kier molecular flexibility index (Phi) is 97.2. The third kappa shape index (κ3) is 136. The van der Waals surface area contributed by atoms with Crippen LogP contribution in [0, 0.1) is 0 Å². The summed E-state index contributed by atoms with van der Waals surface area (Å²) in [5.41, 5.74) is 154. The Labute approximate surface area is 716 Å². The molecule has 0 aliphatic heterocycles. The van der Waals surface area contributed by atoms with Crippen molar-refractivity contribution in [2.75, 3.05) is 72.0 Å². The van der Waals surface area contributed by atoms with Gasteiger partial charge in [0.05, 0.1) is 101 Å². The molecule has 124 heavy (non-hydrogen) atoms. The minimum absolute atomic E-state index is 0.00363. The van der Waals surface area contributed by atoms with E-state index in [-0.39, 0.29) is 97.8 Å². The zero-order valence-corrected chi connectivity index (χ0v) is 71.1. The zero-order valence-electron chi connectivity index (χ0n) is 71.1. The average molecular weight is 1810 g/mol. The molecule has 0 saturated carbocycles. The summed E-state index contributed by atoms with van der Waals surface area (Å²) in [7, 11) is 0. The molecule has 0 aliphatic carbocycles. The van der Waals surface area contributed by atoms with Crippen molar-refractivity contribution < 1.29 is 180 Å². The second kappa shape index (κ2) is 90.8. The van der Waals surface area contributed by atoms with Crippen molar-refractivity contribution in [1.82, 2.24) is 16.0 Å². The number of carboxylic acids is 6. The first-order valence-electron chi connectivity index (χ1n) is 37.7. The fourth-order valence-electron chi connectivity index (χ4n) is 7.36. The maximum Gasteiger partial charge on any atom is 0.339 e. The van der Waals surface area contributed by atoms with E-state index in [1.54, 1.807) is 0 Å². The molecule has 0 saturated heterocycles. The Morgan fingerprint density at radius 3 is 0.710 bits per heavy atom. The Hall–Kier alpha value is -14.5. The van der Waals surface area contributed by atoms with Crippen LogP contribution in [0.2, 0.25) is 0 Å². The van der Waals surface area contributed by atoms with Gasteiger partial charge in [-0.3, -0.25) is 213 Å². The largest absolute Gasteiger partial charge is 0.550 e. The predicted molar refractivity (Wildman–Crippen MR) is 435 cm³/mol.